The van der Waals surface area contributed by atoms with Gasteiger partial charge in [-0.2, -0.15) is 13.2 Å². The third kappa shape index (κ3) is 5.24. The molecule has 1 atom stereocenters. The Morgan fingerprint density at radius 3 is 2.48 bits per heavy atom. The molecule has 0 fully saturated rings. The van der Waals surface area contributed by atoms with Crippen LogP contribution in [0.5, 0.6) is 0 Å². The Bertz CT molecular complexity index is 1160. The maximum Gasteiger partial charge on any atom is 0.416 e. The first-order valence-electron chi connectivity index (χ1n) is 9.10. The normalized spacial score (nSPS) is 12.4. The van der Waals surface area contributed by atoms with Gasteiger partial charge in [0, 0.05) is 18.1 Å². The largest absolute Gasteiger partial charge is 0.481 e. The minimum Gasteiger partial charge on any atom is -0.481 e. The number of hydrogen-bond acceptors (Lipinski definition) is 4. The molecule has 3 rings (SSSR count). The smallest absolute Gasteiger partial charge is 0.416 e. The maximum atomic E-state index is 12.8. The Kier molecular flexibility index (Phi) is 6.35. The minimum absolute atomic E-state index is 0.107. The highest BCUT2D eigenvalue weighted by atomic mass is 35.5. The van der Waals surface area contributed by atoms with Crippen LogP contribution in [0.15, 0.2) is 59.7 Å². The van der Waals surface area contributed by atoms with Crippen LogP contribution in [-0.4, -0.2) is 20.6 Å². The number of halogens is 4. The van der Waals surface area contributed by atoms with E-state index >= 15 is 0 Å². The van der Waals surface area contributed by atoms with Gasteiger partial charge in [0.05, 0.1) is 22.2 Å². The molecule has 1 unspecified atom stereocenters. The summed E-state index contributed by atoms with van der Waals surface area (Å²) in [6.45, 7) is 1.61. The zero-order chi connectivity index (χ0) is 22.8. The summed E-state index contributed by atoms with van der Waals surface area (Å²) < 4.78 is 39.7. The second kappa shape index (κ2) is 8.81. The van der Waals surface area contributed by atoms with E-state index in [1.807, 2.05) is 0 Å². The summed E-state index contributed by atoms with van der Waals surface area (Å²) in [6, 6.07) is 9.53. The zero-order valence-electron chi connectivity index (χ0n) is 16.2. The molecule has 0 aliphatic heterocycles. The van der Waals surface area contributed by atoms with Crippen molar-refractivity contribution < 1.29 is 23.1 Å². The Morgan fingerprint density at radius 2 is 1.90 bits per heavy atom. The molecule has 31 heavy (non-hydrogen) atoms. The number of carboxylic acid groups (broad SMARTS) is 1. The number of hydrogen-bond donors (Lipinski definition) is 2. The molecule has 0 radical (unpaired) electrons. The number of rotatable bonds is 6. The lowest BCUT2D eigenvalue weighted by Gasteiger charge is -2.13. The van der Waals surface area contributed by atoms with Crippen molar-refractivity contribution in [2.75, 3.05) is 5.32 Å². The van der Waals surface area contributed by atoms with Gasteiger partial charge in [0.1, 0.15) is 0 Å². The first kappa shape index (κ1) is 22.4. The molecule has 1 aromatic heterocycles. The van der Waals surface area contributed by atoms with E-state index in [2.05, 4.69) is 10.3 Å². The molecular weight excluding hydrogens is 435 g/mol. The van der Waals surface area contributed by atoms with Gasteiger partial charge in [0.15, 0.2) is 5.82 Å². The van der Waals surface area contributed by atoms with Crippen LogP contribution in [0.4, 0.5) is 24.7 Å². The van der Waals surface area contributed by atoms with E-state index in [-0.39, 0.29) is 16.5 Å². The van der Waals surface area contributed by atoms with Crippen molar-refractivity contribution in [3.8, 4) is 5.69 Å². The monoisotopic (exact) mass is 451 g/mol. The van der Waals surface area contributed by atoms with E-state index in [4.69, 9.17) is 16.7 Å². The van der Waals surface area contributed by atoms with Crippen molar-refractivity contribution in [1.82, 2.24) is 9.55 Å². The molecule has 0 bridgehead atoms. The first-order chi connectivity index (χ1) is 14.6. The summed E-state index contributed by atoms with van der Waals surface area (Å²) in [5.41, 5.74) is -0.0183. The minimum atomic E-state index is -4.53. The SMILES string of the molecule is CC(Cc1ccc(-n2ccnc(Nc3ccc(C(F)(F)F)cc3Cl)c2=O)cc1)C(=O)O. The lowest BCUT2D eigenvalue weighted by molar-refractivity contribution is -0.141. The Hall–Kier alpha value is -3.33. The quantitative estimate of drug-likeness (QED) is 0.556. The fourth-order valence-corrected chi connectivity index (χ4v) is 3.08. The average Bonchev–Trinajstić information content (AvgIpc) is 2.70. The lowest BCUT2D eigenvalue weighted by atomic mass is 10.0. The van der Waals surface area contributed by atoms with Crippen LogP contribution in [0.3, 0.4) is 0 Å². The highest BCUT2D eigenvalue weighted by Gasteiger charge is 2.31. The van der Waals surface area contributed by atoms with Crippen LogP contribution in [0, 0.1) is 5.92 Å². The van der Waals surface area contributed by atoms with Crippen molar-refractivity contribution in [3.63, 3.8) is 0 Å². The summed E-state index contributed by atoms with van der Waals surface area (Å²) >= 11 is 5.93. The van der Waals surface area contributed by atoms with Crippen LogP contribution in [0.1, 0.15) is 18.1 Å². The van der Waals surface area contributed by atoms with Gasteiger partial charge in [0.2, 0.25) is 0 Å². The molecule has 0 amide bonds. The highest BCUT2D eigenvalue weighted by molar-refractivity contribution is 6.33. The Balaban J connectivity index is 1.86. The summed E-state index contributed by atoms with van der Waals surface area (Å²) in [4.78, 5) is 27.7. The van der Waals surface area contributed by atoms with E-state index in [0.29, 0.717) is 12.1 Å². The number of carbonyl (C=O) groups is 1. The molecule has 3 aromatic rings. The van der Waals surface area contributed by atoms with E-state index in [1.54, 1.807) is 31.2 Å². The molecule has 0 aliphatic rings. The highest BCUT2D eigenvalue weighted by Crippen LogP contribution is 2.34. The molecule has 2 N–H and O–H groups in total. The number of aliphatic carboxylic acids is 1. The van der Waals surface area contributed by atoms with Crippen LogP contribution in [-0.2, 0) is 17.4 Å². The standard InChI is InChI=1S/C21H17ClF3N3O3/c1-12(20(30)31)10-13-2-5-15(6-3-13)28-9-8-26-18(19(28)29)27-17-7-4-14(11-16(17)22)21(23,24)25/h2-9,11-12H,10H2,1H3,(H,26,27)(H,30,31). The van der Waals surface area contributed by atoms with Gasteiger partial charge in [0.25, 0.3) is 5.56 Å². The van der Waals surface area contributed by atoms with Crippen molar-refractivity contribution >= 4 is 29.1 Å². The number of carboxylic acids is 1. The molecule has 1 heterocycles. The lowest BCUT2D eigenvalue weighted by Crippen LogP contribution is -2.22. The van der Waals surface area contributed by atoms with Gasteiger partial charge in [-0.05, 0) is 42.3 Å². The molecule has 0 aliphatic carbocycles. The fourth-order valence-electron chi connectivity index (χ4n) is 2.85. The van der Waals surface area contributed by atoms with E-state index < -0.39 is 29.2 Å². The molecule has 162 valence electrons. The van der Waals surface area contributed by atoms with Crippen LogP contribution < -0.4 is 10.9 Å². The van der Waals surface area contributed by atoms with Gasteiger partial charge >= 0.3 is 12.1 Å². The molecule has 0 saturated heterocycles. The van der Waals surface area contributed by atoms with Crippen LogP contribution in [0.25, 0.3) is 5.69 Å². The third-order valence-corrected chi connectivity index (χ3v) is 4.88. The second-order valence-corrected chi connectivity index (χ2v) is 7.29. The molecule has 10 heteroatoms. The predicted molar refractivity (Wildman–Crippen MR) is 110 cm³/mol. The average molecular weight is 452 g/mol. The van der Waals surface area contributed by atoms with Crippen molar-refractivity contribution in [2.45, 2.75) is 19.5 Å². The van der Waals surface area contributed by atoms with Crippen molar-refractivity contribution in [2.24, 2.45) is 5.92 Å². The molecule has 2 aromatic carbocycles. The van der Waals surface area contributed by atoms with Crippen molar-refractivity contribution in [3.05, 3.63) is 81.4 Å². The maximum absolute atomic E-state index is 12.8. The van der Waals surface area contributed by atoms with E-state index in [9.17, 15) is 22.8 Å². The number of benzene rings is 2. The predicted octanol–water partition coefficient (Wildman–Crippen LogP) is 4.91. The summed E-state index contributed by atoms with van der Waals surface area (Å²) in [5.74, 6) is -1.56. The molecule has 0 spiro atoms. The fraction of sp³-hybridized carbons (Fsp3) is 0.190. The number of nitrogens with one attached hydrogen (secondary N) is 1. The molecule has 6 nitrogen and oxygen atoms in total. The third-order valence-electron chi connectivity index (χ3n) is 4.57. The van der Waals surface area contributed by atoms with Crippen LogP contribution in [0.2, 0.25) is 5.02 Å². The van der Waals surface area contributed by atoms with Gasteiger partial charge < -0.3 is 10.4 Å². The number of aromatic nitrogens is 2. The topological polar surface area (TPSA) is 84.2 Å². The van der Waals surface area contributed by atoms with Gasteiger partial charge in [-0.15, -0.1) is 0 Å². The van der Waals surface area contributed by atoms with Crippen LogP contribution >= 0.6 is 11.6 Å². The van der Waals surface area contributed by atoms with E-state index in [1.165, 1.54) is 17.0 Å². The summed E-state index contributed by atoms with van der Waals surface area (Å²) in [7, 11) is 0. The van der Waals surface area contributed by atoms with Gasteiger partial charge in [-0.1, -0.05) is 30.7 Å². The van der Waals surface area contributed by atoms with E-state index in [0.717, 1.165) is 23.8 Å². The van der Waals surface area contributed by atoms with Gasteiger partial charge in [-0.25, -0.2) is 4.98 Å². The molecule has 0 saturated carbocycles. The number of anilines is 2. The Morgan fingerprint density at radius 1 is 1.23 bits per heavy atom. The zero-order valence-corrected chi connectivity index (χ0v) is 16.9. The second-order valence-electron chi connectivity index (χ2n) is 6.88. The van der Waals surface area contributed by atoms with Crippen molar-refractivity contribution in [1.29, 1.82) is 0 Å². The Labute approximate surface area is 179 Å². The first-order valence-corrected chi connectivity index (χ1v) is 9.47. The van der Waals surface area contributed by atoms with Gasteiger partial charge in [-0.3, -0.25) is 14.2 Å². The number of alkyl halides is 3. The number of nitrogens with zero attached hydrogens (tertiary/aromatic N) is 2. The summed E-state index contributed by atoms with van der Waals surface area (Å²) in [6.07, 6.45) is -1.38. The summed E-state index contributed by atoms with van der Waals surface area (Å²) in [5, 5.41) is 11.5. The molecular formula is C21H17ClF3N3O3.